The topological polar surface area (TPSA) is 55.2 Å². The van der Waals surface area contributed by atoms with Crippen molar-refractivity contribution in [2.75, 3.05) is 7.11 Å². The Morgan fingerprint density at radius 3 is 2.81 bits per heavy atom. The Bertz CT molecular complexity index is 787. The number of pyridine rings is 2. The van der Waals surface area contributed by atoms with Crippen molar-refractivity contribution in [2.24, 2.45) is 0 Å². The Morgan fingerprint density at radius 2 is 2.00 bits per heavy atom. The van der Waals surface area contributed by atoms with E-state index in [1.807, 2.05) is 37.3 Å². The first kappa shape index (κ1) is 13.5. The van der Waals surface area contributed by atoms with Crippen LogP contribution in [0, 0.1) is 6.92 Å². The molecule has 1 atom stereocenters. The summed E-state index contributed by atoms with van der Waals surface area (Å²) in [6.45, 7) is 1.96. The number of aryl methyl sites for hydroxylation is 1. The van der Waals surface area contributed by atoms with Gasteiger partial charge >= 0.3 is 0 Å². The van der Waals surface area contributed by atoms with Gasteiger partial charge in [-0.2, -0.15) is 0 Å². The summed E-state index contributed by atoms with van der Waals surface area (Å²) >= 11 is 0. The number of nitrogens with zero attached hydrogens (tertiary/aromatic N) is 2. The molecule has 1 N–H and O–H groups in total. The summed E-state index contributed by atoms with van der Waals surface area (Å²) < 4.78 is 5.26. The largest absolute Gasteiger partial charge is 0.495 e. The quantitative estimate of drug-likeness (QED) is 0.801. The van der Waals surface area contributed by atoms with Crippen molar-refractivity contribution >= 4 is 10.9 Å². The zero-order chi connectivity index (χ0) is 14.8. The number of methoxy groups -OCH3 is 1. The second kappa shape index (κ2) is 5.50. The Kier molecular flexibility index (Phi) is 3.54. The molecule has 0 amide bonds. The third-order valence-corrected chi connectivity index (χ3v) is 3.50. The summed E-state index contributed by atoms with van der Waals surface area (Å²) in [4.78, 5) is 8.47. The fourth-order valence-electron chi connectivity index (χ4n) is 2.38. The highest BCUT2D eigenvalue weighted by Gasteiger charge is 2.15. The number of hydrogen-bond acceptors (Lipinski definition) is 4. The lowest BCUT2D eigenvalue weighted by Gasteiger charge is -2.15. The summed E-state index contributed by atoms with van der Waals surface area (Å²) in [5.41, 5.74) is 3.41. The molecule has 21 heavy (non-hydrogen) atoms. The number of aromatic nitrogens is 2. The molecule has 0 bridgehead atoms. The zero-order valence-corrected chi connectivity index (χ0v) is 11.9. The van der Waals surface area contributed by atoms with E-state index < -0.39 is 6.10 Å². The van der Waals surface area contributed by atoms with Crippen LogP contribution < -0.4 is 4.74 Å². The highest BCUT2D eigenvalue weighted by Crippen LogP contribution is 2.30. The minimum atomic E-state index is -0.756. The maximum atomic E-state index is 10.6. The standard InChI is InChI=1S/C17H16N2O2/c1-11-3-4-12-9-13(5-6-15(12)19-11)17(20)14-7-8-18-10-16(14)21-2/h3-10,17,20H,1-2H3. The summed E-state index contributed by atoms with van der Waals surface area (Å²) in [5.74, 6) is 0.576. The van der Waals surface area contributed by atoms with Crippen LogP contribution >= 0.6 is 0 Å². The summed E-state index contributed by atoms with van der Waals surface area (Å²) in [5, 5.41) is 11.6. The molecule has 0 saturated heterocycles. The molecule has 4 heteroatoms. The van der Waals surface area contributed by atoms with Crippen LogP contribution in [-0.4, -0.2) is 22.2 Å². The van der Waals surface area contributed by atoms with Gasteiger partial charge in [-0.3, -0.25) is 9.97 Å². The van der Waals surface area contributed by atoms with Crippen LogP contribution in [0.25, 0.3) is 10.9 Å². The van der Waals surface area contributed by atoms with Gasteiger partial charge in [-0.05, 0) is 36.8 Å². The fourth-order valence-corrected chi connectivity index (χ4v) is 2.38. The SMILES string of the molecule is COc1cnccc1C(O)c1ccc2nc(C)ccc2c1. The van der Waals surface area contributed by atoms with Gasteiger partial charge in [0.1, 0.15) is 11.9 Å². The lowest BCUT2D eigenvalue weighted by atomic mass is 10.00. The van der Waals surface area contributed by atoms with Crippen LogP contribution in [0.2, 0.25) is 0 Å². The van der Waals surface area contributed by atoms with Gasteiger partial charge < -0.3 is 9.84 Å². The van der Waals surface area contributed by atoms with E-state index in [4.69, 9.17) is 4.74 Å². The van der Waals surface area contributed by atoms with E-state index in [2.05, 4.69) is 9.97 Å². The van der Waals surface area contributed by atoms with Gasteiger partial charge in [0, 0.05) is 22.8 Å². The number of aliphatic hydroxyl groups is 1. The van der Waals surface area contributed by atoms with Crippen LogP contribution in [-0.2, 0) is 0 Å². The summed E-state index contributed by atoms with van der Waals surface area (Å²) in [7, 11) is 1.57. The van der Waals surface area contributed by atoms with Crippen molar-refractivity contribution in [1.29, 1.82) is 0 Å². The molecular formula is C17H16N2O2. The van der Waals surface area contributed by atoms with Crippen molar-refractivity contribution < 1.29 is 9.84 Å². The molecule has 0 aliphatic heterocycles. The predicted octanol–water partition coefficient (Wildman–Crippen LogP) is 3.03. The van der Waals surface area contributed by atoms with E-state index in [-0.39, 0.29) is 0 Å². The van der Waals surface area contributed by atoms with Crippen molar-refractivity contribution in [3.63, 3.8) is 0 Å². The molecule has 1 unspecified atom stereocenters. The molecule has 1 aromatic carbocycles. The van der Waals surface area contributed by atoms with Crippen molar-refractivity contribution in [3.05, 3.63) is 65.6 Å². The Balaban J connectivity index is 2.05. The maximum absolute atomic E-state index is 10.6. The van der Waals surface area contributed by atoms with Crippen molar-refractivity contribution in [3.8, 4) is 5.75 Å². The molecule has 0 aliphatic carbocycles. The van der Waals surface area contributed by atoms with Crippen LogP contribution in [0.5, 0.6) is 5.75 Å². The lowest BCUT2D eigenvalue weighted by Crippen LogP contribution is -2.03. The first-order valence-corrected chi connectivity index (χ1v) is 6.72. The third-order valence-electron chi connectivity index (χ3n) is 3.50. The average Bonchev–Trinajstić information content (AvgIpc) is 2.53. The Morgan fingerprint density at radius 1 is 1.14 bits per heavy atom. The number of benzene rings is 1. The number of aliphatic hydroxyl groups excluding tert-OH is 1. The van der Waals surface area contributed by atoms with Gasteiger partial charge in [-0.1, -0.05) is 12.1 Å². The highest BCUT2D eigenvalue weighted by molar-refractivity contribution is 5.79. The van der Waals surface area contributed by atoms with Crippen molar-refractivity contribution in [1.82, 2.24) is 9.97 Å². The highest BCUT2D eigenvalue weighted by atomic mass is 16.5. The van der Waals surface area contributed by atoms with Gasteiger partial charge in [0.05, 0.1) is 18.8 Å². The molecule has 0 radical (unpaired) electrons. The molecule has 3 aromatic rings. The fraction of sp³-hybridized carbons (Fsp3) is 0.176. The summed E-state index contributed by atoms with van der Waals surface area (Å²) in [6, 6.07) is 11.5. The minimum Gasteiger partial charge on any atom is -0.495 e. The van der Waals surface area contributed by atoms with E-state index in [0.717, 1.165) is 22.2 Å². The smallest absolute Gasteiger partial charge is 0.143 e. The molecule has 2 aromatic heterocycles. The second-order valence-corrected chi connectivity index (χ2v) is 4.92. The Labute approximate surface area is 123 Å². The van der Waals surface area contributed by atoms with Gasteiger partial charge in [0.15, 0.2) is 0 Å². The normalized spacial score (nSPS) is 12.3. The molecule has 4 nitrogen and oxygen atoms in total. The monoisotopic (exact) mass is 280 g/mol. The number of fused-ring (bicyclic) bond motifs is 1. The van der Waals surface area contributed by atoms with E-state index in [0.29, 0.717) is 11.3 Å². The van der Waals surface area contributed by atoms with Crippen LogP contribution in [0.15, 0.2) is 48.8 Å². The maximum Gasteiger partial charge on any atom is 0.143 e. The third kappa shape index (κ3) is 2.58. The van der Waals surface area contributed by atoms with Crippen LogP contribution in [0.4, 0.5) is 0 Å². The minimum absolute atomic E-state index is 0.576. The van der Waals surface area contributed by atoms with Gasteiger partial charge in [0.2, 0.25) is 0 Å². The van der Waals surface area contributed by atoms with Crippen LogP contribution in [0.1, 0.15) is 22.9 Å². The van der Waals surface area contributed by atoms with Gasteiger partial charge in [-0.25, -0.2) is 0 Å². The molecular weight excluding hydrogens is 264 g/mol. The molecule has 106 valence electrons. The first-order valence-electron chi connectivity index (χ1n) is 6.72. The molecule has 0 fully saturated rings. The summed E-state index contributed by atoms with van der Waals surface area (Å²) in [6.07, 6.45) is 2.49. The van der Waals surface area contributed by atoms with E-state index in [1.54, 1.807) is 25.6 Å². The van der Waals surface area contributed by atoms with Crippen molar-refractivity contribution in [2.45, 2.75) is 13.0 Å². The van der Waals surface area contributed by atoms with E-state index in [9.17, 15) is 5.11 Å². The lowest BCUT2D eigenvalue weighted by molar-refractivity contribution is 0.214. The van der Waals surface area contributed by atoms with Gasteiger partial charge in [-0.15, -0.1) is 0 Å². The molecule has 0 aliphatic rings. The first-order chi connectivity index (χ1) is 10.2. The number of ether oxygens (including phenoxy) is 1. The molecule has 0 saturated carbocycles. The van der Waals surface area contributed by atoms with E-state index in [1.165, 1.54) is 0 Å². The molecule has 0 spiro atoms. The predicted molar refractivity (Wildman–Crippen MR) is 81.3 cm³/mol. The second-order valence-electron chi connectivity index (χ2n) is 4.92. The Hall–Kier alpha value is -2.46. The average molecular weight is 280 g/mol. The molecule has 2 heterocycles. The van der Waals surface area contributed by atoms with Crippen LogP contribution in [0.3, 0.4) is 0 Å². The van der Waals surface area contributed by atoms with Gasteiger partial charge in [0.25, 0.3) is 0 Å². The number of hydrogen-bond donors (Lipinski definition) is 1. The molecule has 3 rings (SSSR count). The zero-order valence-electron chi connectivity index (χ0n) is 11.9. The van der Waals surface area contributed by atoms with E-state index >= 15 is 0 Å². The number of rotatable bonds is 3.